The van der Waals surface area contributed by atoms with E-state index < -0.39 is 0 Å². The van der Waals surface area contributed by atoms with E-state index in [1.165, 1.54) is 22.8 Å². The molecule has 0 aliphatic carbocycles. The van der Waals surface area contributed by atoms with E-state index in [4.69, 9.17) is 11.1 Å². The van der Waals surface area contributed by atoms with E-state index in [1.54, 1.807) is 18.2 Å². The van der Waals surface area contributed by atoms with E-state index in [2.05, 4.69) is 0 Å². The minimum atomic E-state index is -0.325. The normalized spacial score (nSPS) is 10.4. The van der Waals surface area contributed by atoms with Crippen LogP contribution in [0.1, 0.15) is 12.5 Å². The van der Waals surface area contributed by atoms with E-state index in [-0.39, 0.29) is 22.8 Å². The Labute approximate surface area is 109 Å². The maximum Gasteiger partial charge on any atom is 0.261 e. The van der Waals surface area contributed by atoms with Gasteiger partial charge in [0.2, 0.25) is 0 Å². The highest BCUT2D eigenvalue weighted by atomic mass is 19.1. The third-order valence-corrected chi connectivity index (χ3v) is 2.92. The molecule has 1 aromatic carbocycles. The largest absolute Gasteiger partial charge is 0.384 e. The number of nitrogens with two attached hydrogens (primary N) is 1. The number of rotatable bonds is 3. The van der Waals surface area contributed by atoms with Crippen LogP contribution in [-0.4, -0.2) is 10.4 Å². The molecule has 0 bridgehead atoms. The molecular formula is C14H14FN3O. The molecule has 98 valence electrons. The van der Waals surface area contributed by atoms with Crippen molar-refractivity contribution in [1.29, 1.82) is 5.41 Å². The molecule has 1 heterocycles. The van der Waals surface area contributed by atoms with Crippen molar-refractivity contribution in [2.45, 2.75) is 13.5 Å². The molecule has 1 aromatic heterocycles. The predicted molar refractivity (Wildman–Crippen MR) is 72.8 cm³/mol. The highest BCUT2D eigenvalue weighted by Crippen LogP contribution is 2.18. The van der Waals surface area contributed by atoms with Crippen LogP contribution in [0.3, 0.4) is 0 Å². The highest BCUT2D eigenvalue weighted by molar-refractivity contribution is 5.94. The fourth-order valence-electron chi connectivity index (χ4n) is 1.97. The van der Waals surface area contributed by atoms with Crippen LogP contribution in [0.25, 0.3) is 11.3 Å². The molecule has 2 rings (SSSR count). The summed E-state index contributed by atoms with van der Waals surface area (Å²) in [5, 5.41) is 7.37. The van der Waals surface area contributed by atoms with Crippen molar-refractivity contribution in [3.8, 4) is 11.3 Å². The van der Waals surface area contributed by atoms with Crippen LogP contribution < -0.4 is 11.3 Å². The zero-order valence-corrected chi connectivity index (χ0v) is 10.5. The van der Waals surface area contributed by atoms with Crippen molar-refractivity contribution in [3.63, 3.8) is 0 Å². The first kappa shape index (κ1) is 13.0. The maximum atomic E-state index is 12.9. The minimum Gasteiger partial charge on any atom is -0.384 e. The second-order valence-corrected chi connectivity index (χ2v) is 4.10. The van der Waals surface area contributed by atoms with Gasteiger partial charge in [-0.25, -0.2) is 4.39 Å². The van der Waals surface area contributed by atoms with Crippen LogP contribution in [0.2, 0.25) is 0 Å². The van der Waals surface area contributed by atoms with Crippen LogP contribution in [0, 0.1) is 11.2 Å². The Bertz CT molecular complexity index is 674. The summed E-state index contributed by atoms with van der Waals surface area (Å²) < 4.78 is 14.4. The fourth-order valence-corrected chi connectivity index (χ4v) is 1.97. The van der Waals surface area contributed by atoms with E-state index in [1.807, 2.05) is 6.92 Å². The van der Waals surface area contributed by atoms with Crippen molar-refractivity contribution in [3.05, 3.63) is 58.1 Å². The standard InChI is InChI=1S/C14H14FN3O/c1-2-18-12(9-3-5-10(15)6-4-9)8-7-11(13(16)17)14(18)19/h3-8H,2H2,1H3,(H3,16,17). The summed E-state index contributed by atoms with van der Waals surface area (Å²) in [6.45, 7) is 2.28. The molecule has 5 heteroatoms. The SMILES string of the molecule is CCn1c(-c2ccc(F)cc2)ccc(C(=N)N)c1=O. The maximum absolute atomic E-state index is 12.9. The Morgan fingerprint density at radius 1 is 1.26 bits per heavy atom. The molecule has 0 fully saturated rings. The van der Waals surface area contributed by atoms with Gasteiger partial charge in [0.25, 0.3) is 5.56 Å². The van der Waals surface area contributed by atoms with Gasteiger partial charge in [-0.2, -0.15) is 0 Å². The van der Waals surface area contributed by atoms with Gasteiger partial charge in [0, 0.05) is 6.54 Å². The monoisotopic (exact) mass is 259 g/mol. The third-order valence-electron chi connectivity index (χ3n) is 2.92. The van der Waals surface area contributed by atoms with Gasteiger partial charge in [-0.05, 0) is 48.9 Å². The zero-order valence-electron chi connectivity index (χ0n) is 10.5. The molecule has 0 radical (unpaired) electrons. The third kappa shape index (κ3) is 2.40. The lowest BCUT2D eigenvalue weighted by atomic mass is 10.1. The number of nitrogens with zero attached hydrogens (tertiary/aromatic N) is 1. The Kier molecular flexibility index (Phi) is 3.46. The zero-order chi connectivity index (χ0) is 14.0. The molecule has 0 spiro atoms. The Morgan fingerprint density at radius 2 is 1.89 bits per heavy atom. The Morgan fingerprint density at radius 3 is 2.42 bits per heavy atom. The van der Waals surface area contributed by atoms with E-state index in [9.17, 15) is 9.18 Å². The quantitative estimate of drug-likeness (QED) is 0.653. The number of aromatic nitrogens is 1. The minimum absolute atomic E-state index is 0.174. The average Bonchev–Trinajstić information content (AvgIpc) is 2.38. The summed E-state index contributed by atoms with van der Waals surface area (Å²) in [7, 11) is 0. The highest BCUT2D eigenvalue weighted by Gasteiger charge is 2.11. The van der Waals surface area contributed by atoms with Gasteiger partial charge in [0.15, 0.2) is 0 Å². The van der Waals surface area contributed by atoms with Crippen LogP contribution in [-0.2, 0) is 6.54 Å². The number of benzene rings is 1. The van der Waals surface area contributed by atoms with Gasteiger partial charge in [-0.15, -0.1) is 0 Å². The summed E-state index contributed by atoms with van der Waals surface area (Å²) in [6.07, 6.45) is 0. The van der Waals surface area contributed by atoms with Crippen molar-refractivity contribution in [2.75, 3.05) is 0 Å². The molecule has 3 N–H and O–H groups in total. The summed E-state index contributed by atoms with van der Waals surface area (Å²) in [4.78, 5) is 12.2. The number of halogens is 1. The summed E-state index contributed by atoms with van der Waals surface area (Å²) in [5.41, 5.74) is 6.66. The molecule has 0 amide bonds. The second kappa shape index (κ2) is 5.06. The Hall–Kier alpha value is -2.43. The second-order valence-electron chi connectivity index (χ2n) is 4.10. The summed E-state index contributed by atoms with van der Waals surface area (Å²) in [6, 6.07) is 9.16. The summed E-state index contributed by atoms with van der Waals surface area (Å²) in [5.74, 6) is -0.577. The van der Waals surface area contributed by atoms with Gasteiger partial charge >= 0.3 is 0 Å². The first-order valence-electron chi connectivity index (χ1n) is 5.88. The molecule has 0 unspecified atom stereocenters. The van der Waals surface area contributed by atoms with E-state index in [0.29, 0.717) is 12.2 Å². The van der Waals surface area contributed by atoms with Crippen LogP contribution >= 0.6 is 0 Å². The Balaban J connectivity index is 2.65. The number of amidine groups is 1. The fraction of sp³-hybridized carbons (Fsp3) is 0.143. The van der Waals surface area contributed by atoms with Crippen molar-refractivity contribution in [2.24, 2.45) is 5.73 Å². The molecule has 2 aromatic rings. The number of pyridine rings is 1. The van der Waals surface area contributed by atoms with E-state index >= 15 is 0 Å². The van der Waals surface area contributed by atoms with E-state index in [0.717, 1.165) is 5.56 Å². The topological polar surface area (TPSA) is 71.9 Å². The average molecular weight is 259 g/mol. The first-order valence-corrected chi connectivity index (χ1v) is 5.88. The lowest BCUT2D eigenvalue weighted by Crippen LogP contribution is -2.29. The van der Waals surface area contributed by atoms with Crippen LogP contribution in [0.5, 0.6) is 0 Å². The molecule has 0 saturated heterocycles. The lowest BCUT2D eigenvalue weighted by molar-refractivity contribution is 0.628. The molecule has 0 atom stereocenters. The summed E-state index contributed by atoms with van der Waals surface area (Å²) >= 11 is 0. The van der Waals surface area contributed by atoms with Gasteiger partial charge in [0.1, 0.15) is 11.7 Å². The smallest absolute Gasteiger partial charge is 0.261 e. The molecular weight excluding hydrogens is 245 g/mol. The van der Waals surface area contributed by atoms with Crippen molar-refractivity contribution in [1.82, 2.24) is 4.57 Å². The van der Waals surface area contributed by atoms with Crippen molar-refractivity contribution >= 4 is 5.84 Å². The first-order chi connectivity index (χ1) is 9.04. The van der Waals surface area contributed by atoms with Gasteiger partial charge < -0.3 is 10.3 Å². The van der Waals surface area contributed by atoms with Crippen molar-refractivity contribution < 1.29 is 4.39 Å². The molecule has 4 nitrogen and oxygen atoms in total. The number of nitrogens with one attached hydrogen (secondary N) is 1. The molecule has 19 heavy (non-hydrogen) atoms. The molecule has 0 aliphatic rings. The number of hydrogen-bond donors (Lipinski definition) is 2. The van der Waals surface area contributed by atoms with Crippen LogP contribution in [0.4, 0.5) is 4.39 Å². The molecule has 0 saturated carbocycles. The molecule has 0 aliphatic heterocycles. The number of hydrogen-bond acceptors (Lipinski definition) is 2. The lowest BCUT2D eigenvalue weighted by Gasteiger charge is -2.12. The number of nitrogen functional groups attached to an aromatic ring is 1. The predicted octanol–water partition coefficient (Wildman–Crippen LogP) is 1.96. The van der Waals surface area contributed by atoms with Gasteiger partial charge in [0.05, 0.1) is 11.3 Å². The van der Waals surface area contributed by atoms with Crippen LogP contribution in [0.15, 0.2) is 41.2 Å². The van der Waals surface area contributed by atoms with Gasteiger partial charge in [-0.3, -0.25) is 10.2 Å². The van der Waals surface area contributed by atoms with Gasteiger partial charge in [-0.1, -0.05) is 0 Å².